The largest absolute Gasteiger partial charge is 0.492 e. The number of nitrogens with one attached hydrogen (secondary N) is 1. The van der Waals surface area contributed by atoms with E-state index in [-0.39, 0.29) is 18.2 Å². The van der Waals surface area contributed by atoms with Crippen LogP contribution in [0.5, 0.6) is 17.2 Å². The van der Waals surface area contributed by atoms with Crippen LogP contribution in [0.15, 0.2) is 77.3 Å². The predicted molar refractivity (Wildman–Crippen MR) is 127 cm³/mol. The number of rotatable bonds is 7. The van der Waals surface area contributed by atoms with Gasteiger partial charge in [0.2, 0.25) is 11.8 Å². The van der Waals surface area contributed by atoms with E-state index >= 15 is 0 Å². The highest BCUT2D eigenvalue weighted by Crippen LogP contribution is 2.33. The fourth-order valence-electron chi connectivity index (χ4n) is 3.56. The lowest BCUT2D eigenvalue weighted by Gasteiger charge is -2.20. The van der Waals surface area contributed by atoms with Crippen LogP contribution in [0.25, 0.3) is 0 Å². The Hall–Kier alpha value is -3.32. The van der Waals surface area contributed by atoms with Gasteiger partial charge >= 0.3 is 0 Å². The summed E-state index contributed by atoms with van der Waals surface area (Å²) >= 11 is 3.40. The second-order valence-corrected chi connectivity index (χ2v) is 8.29. The van der Waals surface area contributed by atoms with Crippen LogP contribution in [-0.2, 0) is 9.59 Å². The van der Waals surface area contributed by atoms with E-state index in [1.165, 1.54) is 0 Å². The van der Waals surface area contributed by atoms with E-state index < -0.39 is 5.92 Å². The first-order valence-corrected chi connectivity index (χ1v) is 11.2. The third-order valence-electron chi connectivity index (χ3n) is 5.12. The van der Waals surface area contributed by atoms with Gasteiger partial charge in [-0.2, -0.15) is 0 Å². The maximum Gasteiger partial charge on any atom is 0.229 e. The lowest BCUT2D eigenvalue weighted by Crippen LogP contribution is -2.28. The van der Waals surface area contributed by atoms with Gasteiger partial charge in [0.15, 0.2) is 0 Å². The lowest BCUT2D eigenvalue weighted by molar-refractivity contribution is -0.122. The second-order valence-electron chi connectivity index (χ2n) is 7.38. The summed E-state index contributed by atoms with van der Waals surface area (Å²) in [5, 5.41) is 2.90. The number of benzene rings is 3. The van der Waals surface area contributed by atoms with Crippen molar-refractivity contribution in [2.24, 2.45) is 5.92 Å². The van der Waals surface area contributed by atoms with Crippen molar-refractivity contribution in [1.29, 1.82) is 0 Å². The molecule has 1 N–H and O–H groups in total. The van der Waals surface area contributed by atoms with Crippen molar-refractivity contribution < 1.29 is 19.1 Å². The van der Waals surface area contributed by atoms with Crippen molar-refractivity contribution in [1.82, 2.24) is 0 Å². The molecule has 164 valence electrons. The number of ether oxygens (including phenoxy) is 2. The Morgan fingerprint density at radius 3 is 2.38 bits per heavy atom. The second kappa shape index (κ2) is 9.87. The molecule has 0 radical (unpaired) electrons. The highest BCUT2D eigenvalue weighted by atomic mass is 79.9. The first-order chi connectivity index (χ1) is 15.5. The number of halogens is 1. The molecule has 0 aliphatic carbocycles. The summed E-state index contributed by atoms with van der Waals surface area (Å²) in [4.78, 5) is 27.0. The molecular weight excluding hydrogens is 472 g/mol. The van der Waals surface area contributed by atoms with E-state index in [9.17, 15) is 9.59 Å². The molecule has 0 spiro atoms. The van der Waals surface area contributed by atoms with E-state index in [1.54, 1.807) is 29.2 Å². The van der Waals surface area contributed by atoms with Gasteiger partial charge in [0.1, 0.15) is 17.2 Å². The van der Waals surface area contributed by atoms with Crippen molar-refractivity contribution in [3.63, 3.8) is 0 Å². The van der Waals surface area contributed by atoms with E-state index in [0.717, 1.165) is 10.2 Å². The van der Waals surface area contributed by atoms with E-state index in [2.05, 4.69) is 21.2 Å². The van der Waals surface area contributed by atoms with Gasteiger partial charge in [-0.3, -0.25) is 9.59 Å². The maximum absolute atomic E-state index is 12.8. The molecule has 0 unspecified atom stereocenters. The summed E-state index contributed by atoms with van der Waals surface area (Å²) in [6.07, 6.45) is 0.164. The molecule has 1 fully saturated rings. The first kappa shape index (κ1) is 21.9. The zero-order valence-electron chi connectivity index (χ0n) is 17.6. The predicted octanol–water partition coefficient (Wildman–Crippen LogP) is 5.63. The lowest BCUT2D eigenvalue weighted by atomic mass is 10.1. The SMILES string of the molecule is CCOc1ccccc1N1C[C@H](C(=O)Nc2ccc(Oc3ccc(Br)cc3)cc2)CC1=O. The molecule has 7 heteroatoms. The van der Waals surface area contributed by atoms with E-state index in [4.69, 9.17) is 9.47 Å². The molecule has 2 amide bonds. The molecule has 6 nitrogen and oxygen atoms in total. The quantitative estimate of drug-likeness (QED) is 0.461. The van der Waals surface area contributed by atoms with Gasteiger partial charge in [-0.05, 0) is 67.6 Å². The van der Waals surface area contributed by atoms with Gasteiger partial charge in [0.05, 0.1) is 18.2 Å². The van der Waals surface area contributed by atoms with Crippen molar-refractivity contribution in [2.45, 2.75) is 13.3 Å². The van der Waals surface area contributed by atoms with Crippen LogP contribution in [0.1, 0.15) is 13.3 Å². The topological polar surface area (TPSA) is 67.9 Å². The third kappa shape index (κ3) is 5.11. The minimum absolute atomic E-state index is 0.0875. The number of para-hydroxylation sites is 2. The Morgan fingerprint density at radius 2 is 1.69 bits per heavy atom. The van der Waals surface area contributed by atoms with Crippen LogP contribution in [0, 0.1) is 5.92 Å². The molecule has 1 saturated heterocycles. The standard InChI is InChI=1S/C25H23BrN2O4/c1-2-31-23-6-4-3-5-22(23)28-16-17(15-24(28)29)25(30)27-19-9-13-21(14-10-19)32-20-11-7-18(26)8-12-20/h3-14,17H,2,15-16H2,1H3,(H,27,30)/t17-/m1/s1. The number of nitrogens with zero attached hydrogens (tertiary/aromatic N) is 1. The minimum Gasteiger partial charge on any atom is -0.492 e. The summed E-state index contributed by atoms with van der Waals surface area (Å²) in [6.45, 7) is 2.72. The molecule has 0 aromatic heterocycles. The Bertz CT molecular complexity index is 1100. The average Bonchev–Trinajstić information content (AvgIpc) is 3.19. The smallest absolute Gasteiger partial charge is 0.229 e. The van der Waals surface area contributed by atoms with Crippen LogP contribution in [0.3, 0.4) is 0 Å². The maximum atomic E-state index is 12.8. The zero-order chi connectivity index (χ0) is 22.5. The monoisotopic (exact) mass is 494 g/mol. The van der Waals surface area contributed by atoms with E-state index in [0.29, 0.717) is 36.0 Å². The van der Waals surface area contributed by atoms with Crippen LogP contribution < -0.4 is 19.7 Å². The fourth-order valence-corrected chi connectivity index (χ4v) is 3.83. The normalized spacial score (nSPS) is 15.5. The molecule has 32 heavy (non-hydrogen) atoms. The van der Waals surface area contributed by atoms with Gasteiger partial charge in [0.25, 0.3) is 0 Å². The summed E-state index contributed by atoms with van der Waals surface area (Å²) in [5.74, 6) is 1.33. The average molecular weight is 495 g/mol. The molecule has 1 heterocycles. The van der Waals surface area contributed by atoms with E-state index in [1.807, 2.05) is 55.5 Å². The summed E-state index contributed by atoms with van der Waals surface area (Å²) < 4.78 is 12.4. The number of carbonyl (C=O) groups is 2. The van der Waals surface area contributed by atoms with Crippen molar-refractivity contribution in [3.8, 4) is 17.2 Å². The Morgan fingerprint density at radius 1 is 1.03 bits per heavy atom. The Kier molecular flexibility index (Phi) is 6.75. The molecule has 0 bridgehead atoms. The Balaban J connectivity index is 1.38. The van der Waals surface area contributed by atoms with Gasteiger partial charge in [-0.15, -0.1) is 0 Å². The first-order valence-electron chi connectivity index (χ1n) is 10.4. The molecule has 1 atom stereocenters. The fraction of sp³-hybridized carbons (Fsp3) is 0.200. The number of hydrogen-bond acceptors (Lipinski definition) is 4. The third-order valence-corrected chi connectivity index (χ3v) is 5.65. The molecule has 1 aliphatic rings. The molecule has 3 aromatic rings. The number of amides is 2. The van der Waals surface area contributed by atoms with Crippen LogP contribution >= 0.6 is 15.9 Å². The van der Waals surface area contributed by atoms with Crippen LogP contribution in [0.4, 0.5) is 11.4 Å². The Labute approximate surface area is 195 Å². The zero-order valence-corrected chi connectivity index (χ0v) is 19.2. The molecule has 3 aromatic carbocycles. The summed E-state index contributed by atoms with van der Waals surface area (Å²) in [6, 6.07) is 22.1. The number of anilines is 2. The number of hydrogen-bond donors (Lipinski definition) is 1. The van der Waals surface area contributed by atoms with Crippen molar-refractivity contribution in [2.75, 3.05) is 23.4 Å². The molecule has 4 rings (SSSR count). The summed E-state index contributed by atoms with van der Waals surface area (Å²) in [7, 11) is 0. The van der Waals surface area contributed by atoms with Crippen molar-refractivity contribution >= 4 is 39.1 Å². The van der Waals surface area contributed by atoms with Crippen LogP contribution in [0.2, 0.25) is 0 Å². The van der Waals surface area contributed by atoms with Gasteiger partial charge in [-0.1, -0.05) is 28.1 Å². The highest BCUT2D eigenvalue weighted by molar-refractivity contribution is 9.10. The molecular formula is C25H23BrN2O4. The minimum atomic E-state index is -0.434. The van der Waals surface area contributed by atoms with Crippen molar-refractivity contribution in [3.05, 3.63) is 77.3 Å². The summed E-state index contributed by atoms with van der Waals surface area (Å²) in [5.41, 5.74) is 1.35. The van der Waals surface area contributed by atoms with Gasteiger partial charge < -0.3 is 19.7 Å². The van der Waals surface area contributed by atoms with Gasteiger partial charge in [0, 0.05) is 23.1 Å². The molecule has 0 saturated carbocycles. The molecule has 1 aliphatic heterocycles. The highest BCUT2D eigenvalue weighted by Gasteiger charge is 2.36. The van der Waals surface area contributed by atoms with Crippen LogP contribution in [-0.4, -0.2) is 25.0 Å². The number of carbonyl (C=O) groups excluding carboxylic acids is 2. The van der Waals surface area contributed by atoms with Gasteiger partial charge in [-0.25, -0.2) is 0 Å².